The van der Waals surface area contributed by atoms with Crippen LogP contribution in [0.25, 0.3) is 0 Å². The number of esters is 4. The molecule has 3 N–H and O–H groups in total. The molecule has 2 unspecified atom stereocenters. The predicted octanol–water partition coefficient (Wildman–Crippen LogP) is 26.8. The molecule has 0 aliphatic heterocycles. The zero-order chi connectivity index (χ0) is 77.6. The average Bonchev–Trinajstić information content (AvgIpc) is 0.903. The summed E-state index contributed by atoms with van der Waals surface area (Å²) in [7, 11) is -9.93. The van der Waals surface area contributed by atoms with Gasteiger partial charge in [-0.15, -0.1) is 0 Å². The van der Waals surface area contributed by atoms with Crippen molar-refractivity contribution < 1.29 is 80.2 Å². The number of phosphoric ester groups is 2. The van der Waals surface area contributed by atoms with Crippen LogP contribution in [0.3, 0.4) is 0 Å². The van der Waals surface area contributed by atoms with E-state index in [1.807, 2.05) is 0 Å². The Morgan fingerprint density at radius 3 is 0.642 bits per heavy atom. The molecule has 0 spiro atoms. The quantitative estimate of drug-likeness (QED) is 0.0222. The number of aliphatic hydroxyl groups is 1. The predicted molar refractivity (Wildman–Crippen MR) is 437 cm³/mol. The van der Waals surface area contributed by atoms with Crippen molar-refractivity contribution in [2.75, 3.05) is 39.6 Å². The van der Waals surface area contributed by atoms with Crippen molar-refractivity contribution in [2.45, 2.75) is 490 Å². The van der Waals surface area contributed by atoms with Gasteiger partial charge in [-0.1, -0.05) is 420 Å². The summed E-state index contributed by atoms with van der Waals surface area (Å²) < 4.78 is 68.9. The molecule has 0 bridgehead atoms. The monoisotopic (exact) mass is 1550 g/mol. The lowest BCUT2D eigenvalue weighted by Gasteiger charge is -2.21. The Hall–Kier alpha value is -1.94. The van der Waals surface area contributed by atoms with Crippen molar-refractivity contribution >= 4 is 39.5 Å². The van der Waals surface area contributed by atoms with Crippen LogP contribution in [0.4, 0.5) is 0 Å². The molecular formula is C87H170O17P2. The van der Waals surface area contributed by atoms with Gasteiger partial charge in [0.05, 0.1) is 26.4 Å². The molecule has 0 heterocycles. The number of phosphoric acid groups is 2. The van der Waals surface area contributed by atoms with E-state index in [0.29, 0.717) is 31.6 Å². The largest absolute Gasteiger partial charge is 0.472 e. The minimum atomic E-state index is -4.97. The van der Waals surface area contributed by atoms with Crippen molar-refractivity contribution in [2.24, 2.45) is 5.92 Å². The molecule has 0 aliphatic rings. The van der Waals surface area contributed by atoms with E-state index >= 15 is 0 Å². The van der Waals surface area contributed by atoms with Crippen LogP contribution in [0, 0.1) is 5.92 Å². The van der Waals surface area contributed by atoms with E-state index in [1.165, 1.54) is 289 Å². The molecule has 0 amide bonds. The Labute approximate surface area is 651 Å². The van der Waals surface area contributed by atoms with Crippen LogP contribution in [0.15, 0.2) is 0 Å². The third-order valence-electron chi connectivity index (χ3n) is 20.5. The first kappa shape index (κ1) is 104. The number of rotatable bonds is 87. The molecule has 0 fully saturated rings. The third kappa shape index (κ3) is 80.1. The second-order valence-electron chi connectivity index (χ2n) is 31.8. The number of unbranched alkanes of at least 4 members (excludes halogenated alkanes) is 59. The molecule has 0 aromatic carbocycles. The molecule has 0 saturated heterocycles. The number of hydrogen-bond acceptors (Lipinski definition) is 15. The highest BCUT2D eigenvalue weighted by atomic mass is 31.2. The summed E-state index contributed by atoms with van der Waals surface area (Å²) in [5, 5.41) is 10.7. The second kappa shape index (κ2) is 79.7. The molecule has 106 heavy (non-hydrogen) atoms. The number of aliphatic hydroxyl groups excluding tert-OH is 1. The van der Waals surface area contributed by atoms with Gasteiger partial charge in [0.1, 0.15) is 19.3 Å². The summed E-state index contributed by atoms with van der Waals surface area (Å²) in [4.78, 5) is 73.2. The van der Waals surface area contributed by atoms with E-state index in [-0.39, 0.29) is 25.7 Å². The maximum atomic E-state index is 13.2. The zero-order valence-corrected chi connectivity index (χ0v) is 71.4. The fraction of sp³-hybridized carbons (Fsp3) is 0.954. The van der Waals surface area contributed by atoms with Gasteiger partial charge in [-0.25, -0.2) is 9.13 Å². The van der Waals surface area contributed by atoms with Gasteiger partial charge >= 0.3 is 39.5 Å². The van der Waals surface area contributed by atoms with Gasteiger partial charge in [0.2, 0.25) is 0 Å². The highest BCUT2D eigenvalue weighted by Crippen LogP contribution is 2.45. The Morgan fingerprint density at radius 1 is 0.255 bits per heavy atom. The molecule has 0 aromatic rings. The summed E-state index contributed by atoms with van der Waals surface area (Å²) in [6, 6.07) is 0. The molecule has 0 radical (unpaired) electrons. The molecule has 0 rings (SSSR count). The zero-order valence-electron chi connectivity index (χ0n) is 69.6. The first-order valence-corrected chi connectivity index (χ1v) is 48.1. The molecule has 0 aliphatic carbocycles. The fourth-order valence-electron chi connectivity index (χ4n) is 13.6. The lowest BCUT2D eigenvalue weighted by atomic mass is 10.0. The topological polar surface area (TPSA) is 237 Å². The highest BCUT2D eigenvalue weighted by molar-refractivity contribution is 7.47. The van der Waals surface area contributed by atoms with E-state index in [1.54, 1.807) is 0 Å². The Kier molecular flexibility index (Phi) is 78.2. The van der Waals surface area contributed by atoms with Crippen LogP contribution in [0.1, 0.15) is 471 Å². The first-order chi connectivity index (χ1) is 51.5. The minimum Gasteiger partial charge on any atom is -0.462 e. The van der Waals surface area contributed by atoms with Gasteiger partial charge in [0.15, 0.2) is 12.2 Å². The van der Waals surface area contributed by atoms with E-state index < -0.39 is 97.5 Å². The van der Waals surface area contributed by atoms with Crippen molar-refractivity contribution in [3.05, 3.63) is 0 Å². The number of ether oxygens (including phenoxy) is 4. The van der Waals surface area contributed by atoms with Gasteiger partial charge in [-0.3, -0.25) is 37.3 Å². The molecule has 17 nitrogen and oxygen atoms in total. The summed E-state index contributed by atoms with van der Waals surface area (Å²) in [5.41, 5.74) is 0. The lowest BCUT2D eigenvalue weighted by molar-refractivity contribution is -0.161. The van der Waals surface area contributed by atoms with E-state index in [9.17, 15) is 43.2 Å². The van der Waals surface area contributed by atoms with Gasteiger partial charge < -0.3 is 33.8 Å². The summed E-state index contributed by atoms with van der Waals surface area (Å²) >= 11 is 0. The van der Waals surface area contributed by atoms with Crippen molar-refractivity contribution in [1.29, 1.82) is 0 Å². The smallest absolute Gasteiger partial charge is 0.462 e. The van der Waals surface area contributed by atoms with Crippen LogP contribution < -0.4 is 0 Å². The van der Waals surface area contributed by atoms with Gasteiger partial charge in [0, 0.05) is 25.7 Å². The van der Waals surface area contributed by atoms with Gasteiger partial charge in [-0.2, -0.15) is 0 Å². The van der Waals surface area contributed by atoms with Crippen LogP contribution >= 0.6 is 15.6 Å². The molecule has 0 saturated carbocycles. The van der Waals surface area contributed by atoms with E-state index in [4.69, 9.17) is 37.0 Å². The lowest BCUT2D eigenvalue weighted by Crippen LogP contribution is -2.30. The van der Waals surface area contributed by atoms with Crippen LogP contribution in [-0.4, -0.2) is 96.7 Å². The molecular weight excluding hydrogens is 1380 g/mol. The molecule has 0 aromatic heterocycles. The maximum absolute atomic E-state index is 13.2. The standard InChI is InChI=1S/C87H170O17P2/c1-6-9-12-15-18-21-24-27-30-33-36-39-41-44-47-50-55-60-65-70-84(89)97-76-82(103-86(91)72-67-63-57-52-49-46-43-40-37-34-31-28-25-22-19-16-13-10-7-2)78-101-105(93,94)99-74-81(88)75-100-106(95,96)102-79-83(77-98-85(90)71-66-61-58-53-54-59-64-69-80(4)5)104-87(92)73-68-62-56-51-48-45-42-38-35-32-29-26-23-20-17-14-11-8-3/h80-83,88H,6-79H2,1-5H3,(H,93,94)(H,95,96)/t81-,82-,83-/m1/s1. The maximum Gasteiger partial charge on any atom is 0.472 e. The Morgan fingerprint density at radius 2 is 0.434 bits per heavy atom. The highest BCUT2D eigenvalue weighted by Gasteiger charge is 2.30. The average molecular weight is 1550 g/mol. The third-order valence-corrected chi connectivity index (χ3v) is 22.4. The second-order valence-corrected chi connectivity index (χ2v) is 34.7. The van der Waals surface area contributed by atoms with E-state index in [0.717, 1.165) is 96.3 Å². The van der Waals surface area contributed by atoms with Crippen molar-refractivity contribution in [3.8, 4) is 0 Å². The first-order valence-electron chi connectivity index (χ1n) is 45.1. The summed E-state index contributed by atoms with van der Waals surface area (Å²) in [6.45, 7) is 7.32. The van der Waals surface area contributed by atoms with Gasteiger partial charge in [0.25, 0.3) is 0 Å². The Balaban J connectivity index is 5.22. The molecule has 5 atom stereocenters. The Bertz CT molecular complexity index is 2010. The normalized spacial score (nSPS) is 13.7. The number of hydrogen-bond donors (Lipinski definition) is 3. The molecule has 19 heteroatoms. The van der Waals surface area contributed by atoms with Crippen LogP contribution in [0.2, 0.25) is 0 Å². The number of carbonyl (C=O) groups excluding carboxylic acids is 4. The summed E-state index contributed by atoms with van der Waals surface area (Å²) in [5.74, 6) is -1.39. The SMILES string of the molecule is CCCCCCCCCCCCCCCCCCCCCC(=O)OC[C@H](COP(=O)(O)OC[C@@H](O)COP(=O)(O)OC[C@@H](COC(=O)CCCCCCCCCC(C)C)OC(=O)CCCCCCCCCCCCCCCCCCCC)OC(=O)CCCCCCCCCCCCCCCCCCCCC. The van der Waals surface area contributed by atoms with Crippen LogP contribution in [0.5, 0.6) is 0 Å². The minimum absolute atomic E-state index is 0.108. The fourth-order valence-corrected chi connectivity index (χ4v) is 15.2. The van der Waals surface area contributed by atoms with Crippen LogP contribution in [-0.2, 0) is 65.4 Å². The molecule has 630 valence electrons. The summed E-state index contributed by atoms with van der Waals surface area (Å²) in [6.07, 6.45) is 73.8. The van der Waals surface area contributed by atoms with Crippen molar-refractivity contribution in [1.82, 2.24) is 0 Å². The number of carbonyl (C=O) groups is 4. The van der Waals surface area contributed by atoms with E-state index in [2.05, 4.69) is 34.6 Å². The van der Waals surface area contributed by atoms with Gasteiger partial charge in [-0.05, 0) is 31.6 Å². The van der Waals surface area contributed by atoms with Crippen molar-refractivity contribution in [3.63, 3.8) is 0 Å².